The maximum absolute atomic E-state index is 4.12. The summed E-state index contributed by atoms with van der Waals surface area (Å²) in [6.45, 7) is 6.20. The van der Waals surface area contributed by atoms with Crippen LogP contribution in [0.1, 0.15) is 17.4 Å². The summed E-state index contributed by atoms with van der Waals surface area (Å²) in [5, 5.41) is 9.11. The van der Waals surface area contributed by atoms with Gasteiger partial charge in [0, 0.05) is 31.4 Å². The third-order valence-corrected chi connectivity index (χ3v) is 8.31. The van der Waals surface area contributed by atoms with Crippen molar-refractivity contribution in [2.24, 2.45) is 0 Å². The number of allylic oxidation sites excluding steroid dienone is 1. The Hall–Kier alpha value is -4.14. The van der Waals surface area contributed by atoms with Crippen LogP contribution in [-0.2, 0) is 0 Å². The third-order valence-electron chi connectivity index (χ3n) is 7.07. The van der Waals surface area contributed by atoms with E-state index in [4.69, 9.17) is 0 Å². The Bertz CT molecular complexity index is 1970. The van der Waals surface area contributed by atoms with Gasteiger partial charge in [0.15, 0.2) is 0 Å². The van der Waals surface area contributed by atoms with Crippen molar-refractivity contribution in [3.63, 3.8) is 0 Å². The number of benzene rings is 5. The van der Waals surface area contributed by atoms with Gasteiger partial charge in [0.2, 0.25) is 0 Å². The van der Waals surface area contributed by atoms with Gasteiger partial charge in [0.05, 0.1) is 11.0 Å². The second-order valence-electron chi connectivity index (χ2n) is 8.93. The molecule has 0 saturated heterocycles. The minimum Gasteiger partial charge on any atom is -0.309 e. The molecule has 0 N–H and O–H groups in total. The molecule has 0 spiro atoms. The quantitative estimate of drug-likeness (QED) is 0.229. The number of thiophene rings is 1. The van der Waals surface area contributed by atoms with Crippen molar-refractivity contribution in [1.82, 2.24) is 4.57 Å². The van der Waals surface area contributed by atoms with Crippen LogP contribution in [0.3, 0.4) is 0 Å². The fourth-order valence-electron chi connectivity index (χ4n) is 5.62. The van der Waals surface area contributed by atoms with Gasteiger partial charge in [0.25, 0.3) is 0 Å². The van der Waals surface area contributed by atoms with E-state index >= 15 is 0 Å². The Morgan fingerprint density at radius 2 is 1.40 bits per heavy atom. The highest BCUT2D eigenvalue weighted by Gasteiger charge is 2.20. The van der Waals surface area contributed by atoms with Crippen LogP contribution < -0.4 is 0 Å². The molecule has 166 valence electrons. The Kier molecular flexibility index (Phi) is 4.45. The molecule has 5 aromatic carbocycles. The molecule has 0 amide bonds. The average molecular weight is 466 g/mol. The first-order chi connectivity index (χ1) is 17.3. The molecule has 0 aliphatic rings. The zero-order valence-electron chi connectivity index (χ0n) is 19.5. The highest BCUT2D eigenvalue weighted by molar-refractivity contribution is 7.21. The largest absolute Gasteiger partial charge is 0.309 e. The molecule has 0 atom stereocenters. The standard InChI is InChI=1S/C33H23NS/c1-3-10-25-27-18-20-29-32(33(27)35-30(25)4-2)31-26-16-15-21-11-8-9-14-23(21)24(26)17-19-28(31)34(29)22-12-6-5-7-13-22/h3-20H,2H2,1H3/b10-3-. The first-order valence-electron chi connectivity index (χ1n) is 11.9. The minimum absolute atomic E-state index is 1.18. The summed E-state index contributed by atoms with van der Waals surface area (Å²) in [7, 11) is 0. The lowest BCUT2D eigenvalue weighted by atomic mass is 9.97. The topological polar surface area (TPSA) is 4.93 Å². The highest BCUT2D eigenvalue weighted by atomic mass is 32.1. The summed E-state index contributed by atoms with van der Waals surface area (Å²) in [4.78, 5) is 1.22. The summed E-state index contributed by atoms with van der Waals surface area (Å²) in [6.07, 6.45) is 6.32. The van der Waals surface area contributed by atoms with Crippen LogP contribution in [0, 0.1) is 0 Å². The van der Waals surface area contributed by atoms with E-state index in [9.17, 15) is 0 Å². The normalized spacial score (nSPS) is 12.1. The molecule has 35 heavy (non-hydrogen) atoms. The fraction of sp³-hybridized carbons (Fsp3) is 0.0303. The van der Waals surface area contributed by atoms with Gasteiger partial charge in [-0.3, -0.25) is 0 Å². The first kappa shape index (κ1) is 20.3. The number of rotatable bonds is 3. The molecular weight excluding hydrogens is 442 g/mol. The van der Waals surface area contributed by atoms with E-state index in [0.717, 1.165) is 0 Å². The molecule has 0 saturated carbocycles. The lowest BCUT2D eigenvalue weighted by Crippen LogP contribution is -1.93. The van der Waals surface area contributed by atoms with Gasteiger partial charge in [-0.1, -0.05) is 91.5 Å². The van der Waals surface area contributed by atoms with Crippen LogP contribution in [0.2, 0.25) is 0 Å². The Morgan fingerprint density at radius 1 is 0.686 bits per heavy atom. The Labute approximate surface area is 207 Å². The van der Waals surface area contributed by atoms with E-state index in [1.165, 1.54) is 69.6 Å². The van der Waals surface area contributed by atoms with Crippen LogP contribution >= 0.6 is 11.3 Å². The van der Waals surface area contributed by atoms with E-state index in [1.807, 2.05) is 17.4 Å². The lowest BCUT2D eigenvalue weighted by molar-refractivity contribution is 1.18. The summed E-state index contributed by atoms with van der Waals surface area (Å²) >= 11 is 1.85. The molecule has 0 bridgehead atoms. The molecule has 7 rings (SSSR count). The van der Waals surface area contributed by atoms with Crippen molar-refractivity contribution in [1.29, 1.82) is 0 Å². The molecule has 2 heteroatoms. The number of para-hydroxylation sites is 1. The number of hydrogen-bond acceptors (Lipinski definition) is 1. The molecule has 0 fully saturated rings. The van der Waals surface area contributed by atoms with Crippen molar-refractivity contribution in [2.75, 3.05) is 0 Å². The first-order valence-corrected chi connectivity index (χ1v) is 12.8. The van der Waals surface area contributed by atoms with E-state index in [1.54, 1.807) is 0 Å². The SMILES string of the molecule is C=Cc1sc2c(ccc3c2c2c4ccc5ccccc5c4ccc2n3-c2ccccc2)c1/C=C\C. The van der Waals surface area contributed by atoms with Gasteiger partial charge in [-0.15, -0.1) is 11.3 Å². The van der Waals surface area contributed by atoms with Gasteiger partial charge in [0.1, 0.15) is 0 Å². The van der Waals surface area contributed by atoms with Crippen LogP contribution in [0.15, 0.2) is 104 Å². The van der Waals surface area contributed by atoms with Crippen molar-refractivity contribution in [3.8, 4) is 5.69 Å². The molecule has 0 aliphatic heterocycles. The Morgan fingerprint density at radius 3 is 2.20 bits per heavy atom. The molecule has 2 aromatic heterocycles. The van der Waals surface area contributed by atoms with E-state index < -0.39 is 0 Å². The third kappa shape index (κ3) is 2.81. The smallest absolute Gasteiger partial charge is 0.0555 e. The predicted octanol–water partition coefficient (Wildman–Crippen LogP) is 9.98. The summed E-state index contributed by atoms with van der Waals surface area (Å²) < 4.78 is 3.74. The van der Waals surface area contributed by atoms with Gasteiger partial charge in [-0.2, -0.15) is 0 Å². The van der Waals surface area contributed by atoms with Gasteiger partial charge in [-0.25, -0.2) is 0 Å². The van der Waals surface area contributed by atoms with Crippen molar-refractivity contribution >= 4 is 76.9 Å². The van der Waals surface area contributed by atoms with Gasteiger partial charge < -0.3 is 4.57 Å². The second-order valence-corrected chi connectivity index (χ2v) is 9.99. The van der Waals surface area contributed by atoms with Gasteiger partial charge in [-0.05, 0) is 58.3 Å². The number of hydrogen-bond donors (Lipinski definition) is 0. The number of nitrogens with zero attached hydrogens (tertiary/aromatic N) is 1. The Balaban J connectivity index is 1.77. The molecule has 0 aliphatic carbocycles. The lowest BCUT2D eigenvalue weighted by Gasteiger charge is -2.09. The monoisotopic (exact) mass is 465 g/mol. The van der Waals surface area contributed by atoms with Crippen molar-refractivity contribution < 1.29 is 0 Å². The summed E-state index contributed by atoms with van der Waals surface area (Å²) in [5.74, 6) is 0. The van der Waals surface area contributed by atoms with Crippen LogP contribution in [0.4, 0.5) is 0 Å². The van der Waals surface area contributed by atoms with E-state index in [0.29, 0.717) is 0 Å². The second kappa shape index (κ2) is 7.69. The van der Waals surface area contributed by atoms with E-state index in [2.05, 4.69) is 121 Å². The summed E-state index contributed by atoms with van der Waals surface area (Å²) in [6, 6.07) is 33.1. The zero-order valence-corrected chi connectivity index (χ0v) is 20.3. The van der Waals surface area contributed by atoms with Crippen LogP contribution in [0.5, 0.6) is 0 Å². The van der Waals surface area contributed by atoms with Crippen LogP contribution in [0.25, 0.3) is 71.3 Å². The molecule has 0 radical (unpaired) electrons. The summed E-state index contributed by atoms with van der Waals surface area (Å²) in [5.41, 5.74) is 4.92. The molecule has 2 heterocycles. The van der Waals surface area contributed by atoms with E-state index in [-0.39, 0.29) is 0 Å². The number of aromatic nitrogens is 1. The van der Waals surface area contributed by atoms with Crippen LogP contribution in [-0.4, -0.2) is 4.57 Å². The maximum Gasteiger partial charge on any atom is 0.0555 e. The maximum atomic E-state index is 4.12. The molecule has 7 aromatic rings. The molecule has 1 nitrogen and oxygen atoms in total. The average Bonchev–Trinajstić information content (AvgIpc) is 3.44. The van der Waals surface area contributed by atoms with Crippen molar-refractivity contribution in [3.05, 3.63) is 114 Å². The predicted molar refractivity (Wildman–Crippen MR) is 156 cm³/mol. The van der Waals surface area contributed by atoms with Gasteiger partial charge >= 0.3 is 0 Å². The van der Waals surface area contributed by atoms with Crippen molar-refractivity contribution in [2.45, 2.75) is 6.92 Å². The fourth-order valence-corrected chi connectivity index (χ4v) is 6.80. The zero-order chi connectivity index (χ0) is 23.5. The molecular formula is C33H23NS. The number of fused-ring (bicyclic) bond motifs is 9. The molecule has 0 unspecified atom stereocenters. The minimum atomic E-state index is 1.18. The highest BCUT2D eigenvalue weighted by Crippen LogP contribution is 2.45.